The van der Waals surface area contributed by atoms with Gasteiger partial charge in [-0.1, -0.05) is 12.1 Å². The van der Waals surface area contributed by atoms with Crippen LogP contribution in [-0.4, -0.2) is 12.0 Å². The van der Waals surface area contributed by atoms with Crippen LogP contribution >= 0.6 is 11.3 Å². The van der Waals surface area contributed by atoms with Crippen LogP contribution in [0.5, 0.6) is 0 Å². The summed E-state index contributed by atoms with van der Waals surface area (Å²) < 4.78 is 5.75. The summed E-state index contributed by atoms with van der Waals surface area (Å²) >= 11 is 1.71. The van der Waals surface area contributed by atoms with E-state index in [4.69, 9.17) is 4.42 Å². The van der Waals surface area contributed by atoms with Crippen molar-refractivity contribution in [1.82, 2.24) is 10.3 Å². The third-order valence-electron chi connectivity index (χ3n) is 3.01. The molecule has 92 valence electrons. The molecule has 0 radical (unpaired) electrons. The zero-order valence-electron chi connectivity index (χ0n) is 10.1. The molecule has 0 bridgehead atoms. The Labute approximate surface area is 109 Å². The Morgan fingerprint density at radius 2 is 2.22 bits per heavy atom. The molecule has 3 nitrogen and oxygen atoms in total. The molecule has 1 N–H and O–H groups in total. The predicted molar refractivity (Wildman–Crippen MR) is 73.8 cm³/mol. The minimum Gasteiger partial charge on any atom is -0.441 e. The number of thiophene rings is 1. The number of fused-ring (bicyclic) bond motifs is 1. The molecule has 18 heavy (non-hydrogen) atoms. The van der Waals surface area contributed by atoms with Gasteiger partial charge in [-0.15, -0.1) is 0 Å². The summed E-state index contributed by atoms with van der Waals surface area (Å²) in [4.78, 5) is 4.51. The summed E-state index contributed by atoms with van der Waals surface area (Å²) in [6.07, 6.45) is 0.766. The average molecular weight is 258 g/mol. The summed E-state index contributed by atoms with van der Waals surface area (Å²) in [6.45, 7) is 0. The van der Waals surface area contributed by atoms with Crippen LogP contribution in [0.4, 0.5) is 0 Å². The normalized spacial score (nSPS) is 12.9. The van der Waals surface area contributed by atoms with E-state index in [2.05, 4.69) is 27.1 Å². The Balaban J connectivity index is 1.86. The highest BCUT2D eigenvalue weighted by Crippen LogP contribution is 2.22. The number of benzene rings is 1. The highest BCUT2D eigenvalue weighted by Gasteiger charge is 2.14. The first kappa shape index (κ1) is 11.4. The fourth-order valence-corrected chi connectivity index (χ4v) is 2.76. The minimum absolute atomic E-state index is 0.254. The standard InChI is InChI=1S/C14H14N2OS/c1-15-12(10-6-7-18-9-10)8-14-16-11-4-2-3-5-13(11)17-14/h2-7,9,12,15H,8H2,1H3. The number of hydrogen-bond acceptors (Lipinski definition) is 4. The van der Waals surface area contributed by atoms with Gasteiger partial charge in [-0.05, 0) is 41.6 Å². The van der Waals surface area contributed by atoms with Gasteiger partial charge >= 0.3 is 0 Å². The Bertz CT molecular complexity index is 597. The van der Waals surface area contributed by atoms with Crippen molar-refractivity contribution in [2.75, 3.05) is 7.05 Å². The van der Waals surface area contributed by atoms with Gasteiger partial charge in [0.05, 0.1) is 0 Å². The summed E-state index contributed by atoms with van der Waals surface area (Å²) in [7, 11) is 1.96. The van der Waals surface area contributed by atoms with Gasteiger partial charge in [0.25, 0.3) is 0 Å². The minimum atomic E-state index is 0.254. The Kier molecular flexibility index (Phi) is 3.13. The predicted octanol–water partition coefficient (Wildman–Crippen LogP) is 3.39. The molecule has 2 heterocycles. The van der Waals surface area contributed by atoms with Crippen molar-refractivity contribution >= 4 is 22.4 Å². The monoisotopic (exact) mass is 258 g/mol. The lowest BCUT2D eigenvalue weighted by Gasteiger charge is -2.12. The van der Waals surface area contributed by atoms with Crippen LogP contribution in [0, 0.1) is 0 Å². The van der Waals surface area contributed by atoms with Gasteiger partial charge in [0.15, 0.2) is 11.5 Å². The molecule has 1 atom stereocenters. The van der Waals surface area contributed by atoms with E-state index in [0.29, 0.717) is 0 Å². The number of oxazole rings is 1. The fraction of sp³-hybridized carbons (Fsp3) is 0.214. The molecule has 0 spiro atoms. The largest absolute Gasteiger partial charge is 0.441 e. The number of rotatable bonds is 4. The topological polar surface area (TPSA) is 38.1 Å². The lowest BCUT2D eigenvalue weighted by molar-refractivity contribution is 0.474. The van der Waals surface area contributed by atoms with Crippen molar-refractivity contribution in [3.05, 3.63) is 52.5 Å². The lowest BCUT2D eigenvalue weighted by Crippen LogP contribution is -2.18. The van der Waals surface area contributed by atoms with E-state index in [-0.39, 0.29) is 6.04 Å². The molecule has 0 fully saturated rings. The molecule has 1 aromatic carbocycles. The highest BCUT2D eigenvalue weighted by atomic mass is 32.1. The Morgan fingerprint density at radius 3 is 2.94 bits per heavy atom. The number of para-hydroxylation sites is 2. The molecular weight excluding hydrogens is 244 g/mol. The fourth-order valence-electron chi connectivity index (χ4n) is 2.04. The lowest BCUT2D eigenvalue weighted by atomic mass is 10.1. The summed E-state index contributed by atoms with van der Waals surface area (Å²) in [6, 6.07) is 10.2. The van der Waals surface area contributed by atoms with Crippen LogP contribution < -0.4 is 5.32 Å². The van der Waals surface area contributed by atoms with E-state index >= 15 is 0 Å². The SMILES string of the molecule is CNC(Cc1nc2ccccc2o1)c1ccsc1. The number of nitrogens with one attached hydrogen (secondary N) is 1. The summed E-state index contributed by atoms with van der Waals surface area (Å²) in [5.74, 6) is 0.779. The first-order chi connectivity index (χ1) is 8.86. The van der Waals surface area contributed by atoms with Crippen LogP contribution in [-0.2, 0) is 6.42 Å². The van der Waals surface area contributed by atoms with E-state index in [9.17, 15) is 0 Å². The van der Waals surface area contributed by atoms with Crippen molar-refractivity contribution in [2.24, 2.45) is 0 Å². The highest BCUT2D eigenvalue weighted by molar-refractivity contribution is 7.07. The van der Waals surface area contributed by atoms with Crippen molar-refractivity contribution < 1.29 is 4.42 Å². The number of nitrogens with zero attached hydrogens (tertiary/aromatic N) is 1. The van der Waals surface area contributed by atoms with Gasteiger partial charge in [0, 0.05) is 12.5 Å². The maximum atomic E-state index is 5.75. The molecule has 3 aromatic rings. The van der Waals surface area contributed by atoms with E-state index in [1.165, 1.54) is 5.56 Å². The molecule has 1 unspecified atom stereocenters. The molecule has 3 rings (SSSR count). The second-order valence-electron chi connectivity index (χ2n) is 4.18. The first-order valence-corrected chi connectivity index (χ1v) is 6.85. The zero-order valence-corrected chi connectivity index (χ0v) is 10.9. The van der Waals surface area contributed by atoms with E-state index in [0.717, 1.165) is 23.4 Å². The van der Waals surface area contributed by atoms with Gasteiger partial charge in [0.1, 0.15) is 5.52 Å². The number of aromatic nitrogens is 1. The molecule has 0 saturated carbocycles. The van der Waals surface area contributed by atoms with E-state index in [1.54, 1.807) is 11.3 Å². The smallest absolute Gasteiger partial charge is 0.197 e. The Hall–Kier alpha value is -1.65. The molecule has 0 aliphatic carbocycles. The molecule has 0 aliphatic heterocycles. The second-order valence-corrected chi connectivity index (χ2v) is 4.96. The van der Waals surface area contributed by atoms with E-state index < -0.39 is 0 Å². The molecule has 2 aromatic heterocycles. The van der Waals surface area contributed by atoms with Gasteiger partial charge in [-0.3, -0.25) is 0 Å². The van der Waals surface area contributed by atoms with E-state index in [1.807, 2.05) is 31.3 Å². The molecule has 4 heteroatoms. The average Bonchev–Trinajstić information content (AvgIpc) is 3.04. The zero-order chi connectivity index (χ0) is 12.4. The quantitative estimate of drug-likeness (QED) is 0.779. The van der Waals surface area contributed by atoms with Crippen LogP contribution in [0.1, 0.15) is 17.5 Å². The summed E-state index contributed by atoms with van der Waals surface area (Å²) in [5, 5.41) is 7.55. The maximum Gasteiger partial charge on any atom is 0.197 e. The first-order valence-electron chi connectivity index (χ1n) is 5.90. The van der Waals surface area contributed by atoms with Gasteiger partial charge < -0.3 is 9.73 Å². The molecule has 0 saturated heterocycles. The number of likely N-dealkylation sites (N-methyl/N-ethyl adjacent to an activating group) is 1. The van der Waals surface area contributed by atoms with Crippen molar-refractivity contribution in [3.63, 3.8) is 0 Å². The third kappa shape index (κ3) is 2.17. The number of hydrogen-bond donors (Lipinski definition) is 1. The van der Waals surface area contributed by atoms with Crippen LogP contribution in [0.3, 0.4) is 0 Å². The van der Waals surface area contributed by atoms with Gasteiger partial charge in [-0.2, -0.15) is 11.3 Å². The van der Waals surface area contributed by atoms with Crippen molar-refractivity contribution in [3.8, 4) is 0 Å². The molecular formula is C14H14N2OS. The summed E-state index contributed by atoms with van der Waals surface area (Å²) in [5.41, 5.74) is 3.06. The van der Waals surface area contributed by atoms with Crippen molar-refractivity contribution in [2.45, 2.75) is 12.5 Å². The maximum absolute atomic E-state index is 5.75. The van der Waals surface area contributed by atoms with Gasteiger partial charge in [0.2, 0.25) is 0 Å². The van der Waals surface area contributed by atoms with Crippen molar-refractivity contribution in [1.29, 1.82) is 0 Å². The van der Waals surface area contributed by atoms with Crippen LogP contribution in [0.15, 0.2) is 45.5 Å². The van der Waals surface area contributed by atoms with Crippen LogP contribution in [0.2, 0.25) is 0 Å². The van der Waals surface area contributed by atoms with Gasteiger partial charge in [-0.25, -0.2) is 4.98 Å². The molecule has 0 aliphatic rings. The molecule has 0 amide bonds. The Morgan fingerprint density at radius 1 is 1.33 bits per heavy atom. The second kappa shape index (κ2) is 4.92. The van der Waals surface area contributed by atoms with Crippen LogP contribution in [0.25, 0.3) is 11.1 Å². The third-order valence-corrected chi connectivity index (χ3v) is 3.71.